The maximum Gasteiger partial charge on any atom is 0.125 e. The van der Waals surface area contributed by atoms with Crippen molar-refractivity contribution in [1.82, 2.24) is 4.72 Å². The molecule has 1 unspecified atom stereocenters. The summed E-state index contributed by atoms with van der Waals surface area (Å²) in [5, 5.41) is 0. The molecule has 0 heterocycles. The molecule has 0 aromatic heterocycles. The van der Waals surface area contributed by atoms with Gasteiger partial charge >= 0.3 is 0 Å². The average Bonchev–Trinajstić information content (AvgIpc) is 2.27. The summed E-state index contributed by atoms with van der Waals surface area (Å²) in [6.45, 7) is 7.73. The molecule has 2 nitrogen and oxygen atoms in total. The van der Waals surface area contributed by atoms with Crippen LogP contribution >= 0.6 is 0 Å². The lowest BCUT2D eigenvalue weighted by Gasteiger charge is -2.12. The number of benzene rings is 1. The maximum absolute atomic E-state index is 11.9. The van der Waals surface area contributed by atoms with E-state index >= 15 is 0 Å². The van der Waals surface area contributed by atoms with Gasteiger partial charge in [-0.15, -0.1) is 6.58 Å². The summed E-state index contributed by atoms with van der Waals surface area (Å²) < 4.78 is 15.0. The van der Waals surface area contributed by atoms with Gasteiger partial charge in [0.2, 0.25) is 0 Å². The largest absolute Gasteiger partial charge is 0.237 e. The number of rotatable bonds is 6. The molecule has 0 amide bonds. The van der Waals surface area contributed by atoms with Crippen LogP contribution in [0, 0.1) is 6.92 Å². The minimum absolute atomic E-state index is 0.236. The van der Waals surface area contributed by atoms with Crippen molar-refractivity contribution >= 4 is 11.0 Å². The van der Waals surface area contributed by atoms with Crippen LogP contribution in [0.1, 0.15) is 25.3 Å². The SMILES string of the molecule is C=CCC[C@H](C)NS(=O)c1ccc(C)cc1. The van der Waals surface area contributed by atoms with Gasteiger partial charge in [0.1, 0.15) is 11.0 Å². The second-order valence-electron chi connectivity index (χ2n) is 3.97. The number of allylic oxidation sites excluding steroid dienone is 1. The van der Waals surface area contributed by atoms with Gasteiger partial charge in [0.05, 0.1) is 4.90 Å². The topological polar surface area (TPSA) is 29.1 Å². The molecule has 2 atom stereocenters. The lowest BCUT2D eigenvalue weighted by atomic mass is 10.2. The van der Waals surface area contributed by atoms with E-state index in [1.54, 1.807) is 0 Å². The molecule has 16 heavy (non-hydrogen) atoms. The molecule has 0 spiro atoms. The van der Waals surface area contributed by atoms with Crippen LogP contribution in [0.25, 0.3) is 0 Å². The molecule has 0 fully saturated rings. The molecule has 0 radical (unpaired) electrons. The summed E-state index contributed by atoms with van der Waals surface area (Å²) in [7, 11) is -1.11. The molecule has 0 aliphatic heterocycles. The van der Waals surface area contributed by atoms with Crippen molar-refractivity contribution < 1.29 is 4.21 Å². The van der Waals surface area contributed by atoms with Crippen LogP contribution in [0.5, 0.6) is 0 Å². The van der Waals surface area contributed by atoms with Gasteiger partial charge in [-0.3, -0.25) is 0 Å². The highest BCUT2D eigenvalue weighted by molar-refractivity contribution is 7.83. The molecule has 0 aliphatic carbocycles. The number of hydrogen-bond acceptors (Lipinski definition) is 1. The zero-order chi connectivity index (χ0) is 12.0. The predicted octanol–water partition coefficient (Wildman–Crippen LogP) is 2.96. The zero-order valence-corrected chi connectivity index (χ0v) is 10.7. The summed E-state index contributed by atoms with van der Waals surface area (Å²) in [5.74, 6) is 0. The first-order valence-corrected chi connectivity index (χ1v) is 6.64. The van der Waals surface area contributed by atoms with Crippen molar-refractivity contribution in [2.45, 2.75) is 37.6 Å². The molecular formula is C13H19NOS. The molecular weight excluding hydrogens is 218 g/mol. The van der Waals surface area contributed by atoms with Crippen molar-refractivity contribution in [2.75, 3.05) is 0 Å². The molecule has 0 aliphatic rings. The fraction of sp³-hybridized carbons (Fsp3) is 0.385. The monoisotopic (exact) mass is 237 g/mol. The van der Waals surface area contributed by atoms with Gasteiger partial charge in [-0.25, -0.2) is 8.93 Å². The summed E-state index contributed by atoms with van der Waals surface area (Å²) in [6.07, 6.45) is 3.79. The number of nitrogens with one attached hydrogen (secondary N) is 1. The fourth-order valence-electron chi connectivity index (χ4n) is 1.34. The van der Waals surface area contributed by atoms with Crippen LogP contribution < -0.4 is 4.72 Å². The Labute approximate surface area is 100 Å². The third-order valence-electron chi connectivity index (χ3n) is 2.35. The molecule has 1 aromatic carbocycles. The van der Waals surface area contributed by atoms with Crippen molar-refractivity contribution in [1.29, 1.82) is 0 Å². The zero-order valence-electron chi connectivity index (χ0n) is 9.90. The maximum atomic E-state index is 11.9. The van der Waals surface area contributed by atoms with Gasteiger partial charge in [0, 0.05) is 6.04 Å². The van der Waals surface area contributed by atoms with Gasteiger partial charge in [-0.1, -0.05) is 23.8 Å². The van der Waals surface area contributed by atoms with E-state index in [-0.39, 0.29) is 6.04 Å². The Kier molecular flexibility index (Phi) is 5.43. The smallest absolute Gasteiger partial charge is 0.125 e. The highest BCUT2D eigenvalue weighted by Crippen LogP contribution is 2.08. The normalized spacial score (nSPS) is 14.4. The third kappa shape index (κ3) is 4.29. The van der Waals surface area contributed by atoms with E-state index in [4.69, 9.17) is 0 Å². The summed E-state index contributed by atoms with van der Waals surface area (Å²) in [5.41, 5.74) is 1.18. The van der Waals surface area contributed by atoms with E-state index in [1.807, 2.05) is 44.2 Å². The van der Waals surface area contributed by atoms with Gasteiger partial charge in [-0.2, -0.15) is 0 Å². The second kappa shape index (κ2) is 6.61. The van der Waals surface area contributed by atoms with E-state index < -0.39 is 11.0 Å². The average molecular weight is 237 g/mol. The van der Waals surface area contributed by atoms with Crippen LogP contribution in [0.15, 0.2) is 41.8 Å². The van der Waals surface area contributed by atoms with Crippen molar-refractivity contribution in [3.05, 3.63) is 42.5 Å². The van der Waals surface area contributed by atoms with E-state index in [0.29, 0.717) is 0 Å². The van der Waals surface area contributed by atoms with E-state index in [1.165, 1.54) is 5.56 Å². The minimum atomic E-state index is -1.11. The fourth-order valence-corrected chi connectivity index (χ4v) is 2.34. The summed E-state index contributed by atoms with van der Waals surface area (Å²) >= 11 is 0. The Morgan fingerprint density at radius 3 is 2.62 bits per heavy atom. The van der Waals surface area contributed by atoms with Crippen LogP contribution in [0.2, 0.25) is 0 Å². The molecule has 1 N–H and O–H groups in total. The Hall–Kier alpha value is -0.930. The standard InChI is InChI=1S/C13H19NOS/c1-4-5-6-12(3)14-16(15)13-9-7-11(2)8-10-13/h4,7-10,12,14H,1,5-6H2,2-3H3/t12-,16?/m0/s1. The minimum Gasteiger partial charge on any atom is -0.237 e. The predicted molar refractivity (Wildman–Crippen MR) is 69.6 cm³/mol. The van der Waals surface area contributed by atoms with Crippen LogP contribution in [0.3, 0.4) is 0 Å². The van der Waals surface area contributed by atoms with Crippen molar-refractivity contribution in [3.8, 4) is 0 Å². The third-order valence-corrected chi connectivity index (χ3v) is 3.66. The number of aryl methyl sites for hydroxylation is 1. The quantitative estimate of drug-likeness (QED) is 0.757. The highest BCUT2D eigenvalue weighted by atomic mass is 32.2. The van der Waals surface area contributed by atoms with Crippen LogP contribution in [0.4, 0.5) is 0 Å². The molecule has 1 rings (SSSR count). The Balaban J connectivity index is 2.51. The summed E-state index contributed by atoms with van der Waals surface area (Å²) in [6, 6.07) is 7.99. The highest BCUT2D eigenvalue weighted by Gasteiger charge is 2.07. The summed E-state index contributed by atoms with van der Waals surface area (Å²) in [4.78, 5) is 0.830. The Morgan fingerprint density at radius 2 is 2.06 bits per heavy atom. The molecule has 0 saturated carbocycles. The van der Waals surface area contributed by atoms with Gasteiger partial charge < -0.3 is 0 Å². The molecule has 0 saturated heterocycles. The van der Waals surface area contributed by atoms with Crippen molar-refractivity contribution in [3.63, 3.8) is 0 Å². The van der Waals surface area contributed by atoms with Gasteiger partial charge in [-0.05, 0) is 38.8 Å². The molecule has 0 bridgehead atoms. The van der Waals surface area contributed by atoms with E-state index in [2.05, 4.69) is 11.3 Å². The first-order valence-electron chi connectivity index (χ1n) is 5.49. The van der Waals surface area contributed by atoms with Crippen LogP contribution in [-0.2, 0) is 11.0 Å². The molecule has 88 valence electrons. The van der Waals surface area contributed by atoms with E-state index in [9.17, 15) is 4.21 Å². The van der Waals surface area contributed by atoms with E-state index in [0.717, 1.165) is 17.7 Å². The second-order valence-corrected chi connectivity index (χ2v) is 5.21. The van der Waals surface area contributed by atoms with Gasteiger partial charge in [0.15, 0.2) is 0 Å². The first-order chi connectivity index (χ1) is 7.63. The molecule has 3 heteroatoms. The van der Waals surface area contributed by atoms with Crippen LogP contribution in [-0.4, -0.2) is 10.3 Å². The van der Waals surface area contributed by atoms with Crippen molar-refractivity contribution in [2.24, 2.45) is 0 Å². The lowest BCUT2D eigenvalue weighted by molar-refractivity contribution is 0.606. The Bertz CT molecular complexity index is 359. The van der Waals surface area contributed by atoms with Gasteiger partial charge in [0.25, 0.3) is 0 Å². The number of hydrogen-bond donors (Lipinski definition) is 1. The molecule has 1 aromatic rings. The Morgan fingerprint density at radius 1 is 1.44 bits per heavy atom. The first kappa shape index (κ1) is 13.1. The lowest BCUT2D eigenvalue weighted by Crippen LogP contribution is -2.27.